The van der Waals surface area contributed by atoms with Crippen molar-refractivity contribution in [3.8, 4) is 0 Å². The molecule has 1 saturated carbocycles. The summed E-state index contributed by atoms with van der Waals surface area (Å²) in [6.45, 7) is 29.5. The highest BCUT2D eigenvalue weighted by atomic mass is 28.4. The molecular weight excluding hydrogens is 525 g/mol. The first kappa shape index (κ1) is 37.0. The van der Waals surface area contributed by atoms with Crippen molar-refractivity contribution >= 4 is 16.6 Å². The zero-order chi connectivity index (χ0) is 30.7. The lowest BCUT2D eigenvalue weighted by molar-refractivity contribution is -0.177. The molecule has 1 aliphatic rings. The van der Waals surface area contributed by atoms with Crippen molar-refractivity contribution in [1.82, 2.24) is 0 Å². The Labute approximate surface area is 243 Å². The maximum atomic E-state index is 12.3. The number of hydrogen-bond donors (Lipinski definition) is 2. The van der Waals surface area contributed by atoms with Gasteiger partial charge in [-0.25, -0.2) is 0 Å². The molecule has 39 heavy (non-hydrogen) atoms. The van der Waals surface area contributed by atoms with Crippen LogP contribution in [-0.2, 0) is 18.3 Å². The van der Waals surface area contributed by atoms with Gasteiger partial charge in [0.25, 0.3) is 0 Å². The molecule has 0 spiro atoms. The van der Waals surface area contributed by atoms with Gasteiger partial charge in [-0.3, -0.25) is 0 Å². The third kappa shape index (κ3) is 9.21. The van der Waals surface area contributed by atoms with E-state index in [2.05, 4.69) is 87.7 Å². The first-order valence-corrected chi connectivity index (χ1v) is 20.8. The van der Waals surface area contributed by atoms with Gasteiger partial charge in [0, 0.05) is 33.2 Å². The molecule has 1 fully saturated rings. The molecule has 0 aliphatic heterocycles. The zero-order valence-electron chi connectivity index (χ0n) is 28.2. The maximum absolute atomic E-state index is 12.3. The van der Waals surface area contributed by atoms with Crippen LogP contribution in [0.4, 0.5) is 0 Å². The molecule has 0 bridgehead atoms. The van der Waals surface area contributed by atoms with E-state index in [1.807, 2.05) is 0 Å². The second-order valence-corrected chi connectivity index (χ2v) is 24.9. The molecule has 8 heteroatoms. The third-order valence-electron chi connectivity index (χ3n) is 10.1. The monoisotopic (exact) mass is 588 g/mol. The van der Waals surface area contributed by atoms with Gasteiger partial charge >= 0.3 is 0 Å². The van der Waals surface area contributed by atoms with Gasteiger partial charge in [0.1, 0.15) is 5.60 Å². The molecule has 0 radical (unpaired) electrons. The van der Waals surface area contributed by atoms with E-state index in [4.69, 9.17) is 18.3 Å². The van der Waals surface area contributed by atoms with Gasteiger partial charge in [-0.15, -0.1) is 0 Å². The van der Waals surface area contributed by atoms with Gasteiger partial charge in [-0.2, -0.15) is 0 Å². The predicted octanol–water partition coefficient (Wildman–Crippen LogP) is 7.66. The van der Waals surface area contributed by atoms with E-state index in [0.29, 0.717) is 38.2 Å². The summed E-state index contributed by atoms with van der Waals surface area (Å²) in [7, 11) is -0.776. The van der Waals surface area contributed by atoms with Crippen LogP contribution in [0.1, 0.15) is 94.4 Å². The molecule has 0 aromatic heterocycles. The molecule has 2 N–H and O–H groups in total. The van der Waals surface area contributed by atoms with Crippen molar-refractivity contribution in [2.45, 2.75) is 154 Å². The fourth-order valence-corrected chi connectivity index (χ4v) is 7.38. The van der Waals surface area contributed by atoms with Crippen LogP contribution >= 0.6 is 0 Å². The van der Waals surface area contributed by atoms with Crippen LogP contribution in [0.2, 0.25) is 36.3 Å². The van der Waals surface area contributed by atoms with Crippen molar-refractivity contribution in [1.29, 1.82) is 0 Å². The highest BCUT2D eigenvalue weighted by molar-refractivity contribution is 6.74. The fourth-order valence-electron chi connectivity index (χ4n) is 4.96. The van der Waals surface area contributed by atoms with Gasteiger partial charge < -0.3 is 28.5 Å². The minimum absolute atomic E-state index is 0.0481. The first-order chi connectivity index (χ1) is 17.5. The summed E-state index contributed by atoms with van der Waals surface area (Å²) in [5, 5.41) is 24.4. The number of ether oxygens (including phenoxy) is 2. The lowest BCUT2D eigenvalue weighted by Gasteiger charge is -2.45. The Kier molecular flexibility index (Phi) is 12.8. The van der Waals surface area contributed by atoms with Crippen LogP contribution in [0.15, 0.2) is 11.6 Å². The summed E-state index contributed by atoms with van der Waals surface area (Å²) in [4.78, 5) is 0. The lowest BCUT2D eigenvalue weighted by Crippen LogP contribution is -2.57. The van der Waals surface area contributed by atoms with E-state index < -0.39 is 34.1 Å². The SMILES string of the molecule is COC(CC[C@@](C)(O)[C@@]1(O)CC[C@H](O[Si](C)(C)C(C)(C)C)[C@@H]1/C=C(\CCO[Si](C)(C)C(C)(C)C)C(C)C)OC. The van der Waals surface area contributed by atoms with Crippen LogP contribution in [0.25, 0.3) is 0 Å². The molecule has 4 atom stereocenters. The van der Waals surface area contributed by atoms with Gasteiger partial charge in [0.2, 0.25) is 0 Å². The molecule has 1 aliphatic carbocycles. The van der Waals surface area contributed by atoms with E-state index in [1.54, 1.807) is 21.1 Å². The molecular formula is C31H64O6Si2. The van der Waals surface area contributed by atoms with Gasteiger partial charge in [0.05, 0.1) is 11.7 Å². The predicted molar refractivity (Wildman–Crippen MR) is 168 cm³/mol. The number of hydrogen-bond acceptors (Lipinski definition) is 6. The number of rotatable bonds is 14. The molecule has 0 amide bonds. The summed E-state index contributed by atoms with van der Waals surface area (Å²) in [5.74, 6) is -0.0295. The molecule has 1 rings (SSSR count). The molecule has 0 aromatic rings. The molecule has 232 valence electrons. The van der Waals surface area contributed by atoms with E-state index in [1.165, 1.54) is 5.57 Å². The van der Waals surface area contributed by atoms with Crippen LogP contribution in [0.3, 0.4) is 0 Å². The smallest absolute Gasteiger partial charge is 0.192 e. The second-order valence-electron chi connectivity index (χ2n) is 15.4. The maximum Gasteiger partial charge on any atom is 0.192 e. The molecule has 0 saturated heterocycles. The summed E-state index contributed by atoms with van der Waals surface area (Å²) in [6, 6.07) is 0. The topological polar surface area (TPSA) is 77.4 Å². The Hall–Kier alpha value is -0.0662. The Bertz CT molecular complexity index is 790. The highest BCUT2D eigenvalue weighted by Gasteiger charge is 2.58. The van der Waals surface area contributed by atoms with Crippen molar-refractivity contribution in [2.75, 3.05) is 20.8 Å². The van der Waals surface area contributed by atoms with Crippen molar-refractivity contribution in [2.24, 2.45) is 11.8 Å². The van der Waals surface area contributed by atoms with Crippen LogP contribution < -0.4 is 0 Å². The quantitative estimate of drug-likeness (QED) is 0.123. The summed E-state index contributed by atoms with van der Waals surface area (Å²) in [5.41, 5.74) is -1.41. The summed E-state index contributed by atoms with van der Waals surface area (Å²) in [6.07, 6.45) is 4.51. The Morgan fingerprint density at radius 1 is 0.949 bits per heavy atom. The van der Waals surface area contributed by atoms with Crippen LogP contribution in [0.5, 0.6) is 0 Å². The van der Waals surface area contributed by atoms with E-state index in [-0.39, 0.29) is 22.1 Å². The third-order valence-corrected chi connectivity index (χ3v) is 19.2. The minimum atomic E-state index is -2.11. The van der Waals surface area contributed by atoms with Crippen LogP contribution in [0, 0.1) is 11.8 Å². The minimum Gasteiger partial charge on any atom is -0.417 e. The average molecular weight is 589 g/mol. The lowest BCUT2D eigenvalue weighted by atomic mass is 9.72. The largest absolute Gasteiger partial charge is 0.417 e. The summed E-state index contributed by atoms with van der Waals surface area (Å²) < 4.78 is 24.3. The second kappa shape index (κ2) is 13.5. The number of methoxy groups -OCH3 is 2. The average Bonchev–Trinajstić information content (AvgIpc) is 3.08. The highest BCUT2D eigenvalue weighted by Crippen LogP contribution is 2.50. The Morgan fingerprint density at radius 2 is 1.46 bits per heavy atom. The molecule has 0 unspecified atom stereocenters. The van der Waals surface area contributed by atoms with Gasteiger partial charge in [0.15, 0.2) is 22.9 Å². The van der Waals surface area contributed by atoms with Crippen molar-refractivity contribution < 1.29 is 28.5 Å². The van der Waals surface area contributed by atoms with Gasteiger partial charge in [-0.05, 0) is 74.8 Å². The normalized spacial score (nSPS) is 25.6. The first-order valence-electron chi connectivity index (χ1n) is 15.0. The van der Waals surface area contributed by atoms with Crippen LogP contribution in [-0.4, -0.2) is 71.3 Å². The Morgan fingerprint density at radius 3 is 1.90 bits per heavy atom. The number of aliphatic hydroxyl groups is 2. The van der Waals surface area contributed by atoms with E-state index in [0.717, 1.165) is 6.42 Å². The molecule has 0 aromatic carbocycles. The zero-order valence-corrected chi connectivity index (χ0v) is 30.2. The fraction of sp³-hybridized carbons (Fsp3) is 0.935. The standard InChI is InChI=1S/C31H64O6Si2/c1-23(2)24(18-21-36-38(12,13)28(3,4)5)22-25-26(37-39(14,15)29(6,7)8)16-20-31(25,33)30(9,32)19-17-27(34-10)35-11/h22-23,25-27,32-33H,16-21H2,1-15H3/b24-22+/t25-,26-,30+,31+/m0/s1. The Balaban J connectivity index is 3.43. The van der Waals surface area contributed by atoms with E-state index >= 15 is 0 Å². The van der Waals surface area contributed by atoms with E-state index in [9.17, 15) is 10.2 Å². The molecule has 6 nitrogen and oxygen atoms in total. The van der Waals surface area contributed by atoms with Crippen molar-refractivity contribution in [3.05, 3.63) is 11.6 Å². The molecule has 0 heterocycles. The van der Waals surface area contributed by atoms with Crippen molar-refractivity contribution in [3.63, 3.8) is 0 Å². The summed E-state index contributed by atoms with van der Waals surface area (Å²) >= 11 is 0. The van der Waals surface area contributed by atoms with Gasteiger partial charge in [-0.1, -0.05) is 67.0 Å².